The van der Waals surface area contributed by atoms with Gasteiger partial charge in [-0.1, -0.05) is 30.6 Å². The van der Waals surface area contributed by atoms with Crippen LogP contribution in [0.25, 0.3) is 0 Å². The summed E-state index contributed by atoms with van der Waals surface area (Å²) in [7, 11) is 0. The first-order chi connectivity index (χ1) is 13.3. The Morgan fingerprint density at radius 3 is 2.56 bits per heavy atom. The second-order valence-corrected chi connectivity index (χ2v) is 8.15. The van der Waals surface area contributed by atoms with Gasteiger partial charge in [0.15, 0.2) is 0 Å². The molecular formula is C18H25N7OS. The Balaban J connectivity index is 1.24. The number of carbonyl (C=O) groups excluding carboxylic acids is 1. The highest BCUT2D eigenvalue weighted by Gasteiger charge is 2.22. The number of anilines is 2. The van der Waals surface area contributed by atoms with Gasteiger partial charge in [0.05, 0.1) is 6.54 Å². The maximum atomic E-state index is 12.4. The molecule has 1 amide bonds. The molecule has 8 nitrogen and oxygen atoms in total. The Morgan fingerprint density at radius 2 is 1.81 bits per heavy atom. The molecule has 144 valence electrons. The lowest BCUT2D eigenvalue weighted by molar-refractivity contribution is -0.117. The molecule has 3 heterocycles. The lowest BCUT2D eigenvalue weighted by Gasteiger charge is -2.34. The van der Waals surface area contributed by atoms with Crippen LogP contribution in [-0.4, -0.2) is 63.7 Å². The van der Waals surface area contributed by atoms with Gasteiger partial charge in [0.2, 0.25) is 17.0 Å². The van der Waals surface area contributed by atoms with Gasteiger partial charge in [0, 0.05) is 44.5 Å². The Hall–Kier alpha value is -2.13. The summed E-state index contributed by atoms with van der Waals surface area (Å²) in [5.74, 6) is 1.26. The van der Waals surface area contributed by atoms with E-state index in [1.165, 1.54) is 43.4 Å². The zero-order valence-electron chi connectivity index (χ0n) is 15.4. The van der Waals surface area contributed by atoms with E-state index in [2.05, 4.69) is 35.3 Å². The fraction of sp³-hybridized carbons (Fsp3) is 0.611. The van der Waals surface area contributed by atoms with Crippen molar-refractivity contribution in [3.05, 3.63) is 23.5 Å². The van der Waals surface area contributed by atoms with Crippen molar-refractivity contribution in [1.82, 2.24) is 25.1 Å². The van der Waals surface area contributed by atoms with Gasteiger partial charge in [-0.3, -0.25) is 15.0 Å². The summed E-state index contributed by atoms with van der Waals surface area (Å²) in [6, 6.07) is 1.82. The van der Waals surface area contributed by atoms with Crippen LogP contribution in [0.2, 0.25) is 0 Å². The summed E-state index contributed by atoms with van der Waals surface area (Å²) < 4.78 is 0. The molecule has 27 heavy (non-hydrogen) atoms. The van der Waals surface area contributed by atoms with Gasteiger partial charge < -0.3 is 4.90 Å². The maximum Gasteiger partial charge on any atom is 0.240 e. The molecule has 0 bridgehead atoms. The number of aromatic nitrogens is 4. The van der Waals surface area contributed by atoms with Crippen molar-refractivity contribution in [3.8, 4) is 0 Å². The van der Waals surface area contributed by atoms with E-state index in [4.69, 9.17) is 0 Å². The third kappa shape index (κ3) is 4.78. The monoisotopic (exact) mass is 387 g/mol. The lowest BCUT2D eigenvalue weighted by atomic mass is 9.90. The van der Waals surface area contributed by atoms with Crippen molar-refractivity contribution in [1.29, 1.82) is 0 Å². The van der Waals surface area contributed by atoms with Crippen molar-refractivity contribution < 1.29 is 4.79 Å². The molecule has 0 aromatic carbocycles. The Bertz CT molecular complexity index is 739. The quantitative estimate of drug-likeness (QED) is 0.841. The van der Waals surface area contributed by atoms with Gasteiger partial charge in [-0.15, -0.1) is 10.2 Å². The SMILES string of the molecule is O=C(CN1CCN(c2ncccn2)CC1)Nc1nnc(C2CCCCC2)s1. The summed E-state index contributed by atoms with van der Waals surface area (Å²) in [4.78, 5) is 25.2. The van der Waals surface area contributed by atoms with Gasteiger partial charge in [-0.2, -0.15) is 0 Å². The van der Waals surface area contributed by atoms with Crippen LogP contribution in [-0.2, 0) is 4.79 Å². The largest absolute Gasteiger partial charge is 0.338 e. The molecular weight excluding hydrogens is 362 g/mol. The summed E-state index contributed by atoms with van der Waals surface area (Å²) >= 11 is 1.53. The van der Waals surface area contributed by atoms with E-state index in [0.29, 0.717) is 17.6 Å². The van der Waals surface area contributed by atoms with Crippen LogP contribution in [0.1, 0.15) is 43.0 Å². The second kappa shape index (κ2) is 8.71. The molecule has 1 saturated carbocycles. The lowest BCUT2D eigenvalue weighted by Crippen LogP contribution is -2.49. The zero-order chi connectivity index (χ0) is 18.5. The molecule has 0 unspecified atom stereocenters. The molecule has 1 N–H and O–H groups in total. The predicted octanol–water partition coefficient (Wildman–Crippen LogP) is 2.14. The number of nitrogens with zero attached hydrogens (tertiary/aromatic N) is 6. The van der Waals surface area contributed by atoms with E-state index in [9.17, 15) is 4.79 Å². The molecule has 2 aromatic heterocycles. The van der Waals surface area contributed by atoms with E-state index < -0.39 is 0 Å². The van der Waals surface area contributed by atoms with Crippen molar-refractivity contribution >= 4 is 28.3 Å². The molecule has 2 aliphatic rings. The Kier molecular flexibility index (Phi) is 5.88. The van der Waals surface area contributed by atoms with Gasteiger partial charge in [-0.25, -0.2) is 9.97 Å². The smallest absolute Gasteiger partial charge is 0.240 e. The fourth-order valence-corrected chi connectivity index (χ4v) is 4.65. The molecule has 2 aromatic rings. The standard InChI is InChI=1S/C18H25N7OS/c26-15(21-18-23-22-16(27-18)14-5-2-1-3-6-14)13-24-9-11-25(12-10-24)17-19-7-4-8-20-17/h4,7-8,14H,1-3,5-6,9-13H2,(H,21,23,26). The number of piperazine rings is 1. The summed E-state index contributed by atoms with van der Waals surface area (Å²) in [6.07, 6.45) is 9.76. The van der Waals surface area contributed by atoms with Crippen LogP contribution in [0.5, 0.6) is 0 Å². The second-order valence-electron chi connectivity index (χ2n) is 7.14. The summed E-state index contributed by atoms with van der Waals surface area (Å²) in [5.41, 5.74) is 0. The minimum atomic E-state index is -0.0224. The van der Waals surface area contributed by atoms with Crippen LogP contribution in [0, 0.1) is 0 Å². The average Bonchev–Trinajstić information content (AvgIpc) is 3.18. The predicted molar refractivity (Wildman–Crippen MR) is 105 cm³/mol. The minimum Gasteiger partial charge on any atom is -0.338 e. The molecule has 0 atom stereocenters. The number of carbonyl (C=O) groups is 1. The molecule has 0 spiro atoms. The fourth-order valence-electron chi connectivity index (χ4n) is 3.72. The third-order valence-electron chi connectivity index (χ3n) is 5.22. The minimum absolute atomic E-state index is 0.0224. The van der Waals surface area contributed by atoms with E-state index in [1.807, 2.05) is 6.07 Å². The van der Waals surface area contributed by atoms with Crippen LogP contribution in [0.3, 0.4) is 0 Å². The molecule has 1 aliphatic carbocycles. The molecule has 4 rings (SSSR count). The van der Waals surface area contributed by atoms with Crippen molar-refractivity contribution in [2.75, 3.05) is 42.9 Å². The summed E-state index contributed by atoms with van der Waals surface area (Å²) in [5, 5.41) is 13.1. The highest BCUT2D eigenvalue weighted by molar-refractivity contribution is 7.15. The first-order valence-corrected chi connectivity index (χ1v) is 10.5. The van der Waals surface area contributed by atoms with Crippen molar-refractivity contribution in [3.63, 3.8) is 0 Å². The topological polar surface area (TPSA) is 87.1 Å². The van der Waals surface area contributed by atoms with E-state index in [1.54, 1.807) is 12.4 Å². The number of hydrogen-bond donors (Lipinski definition) is 1. The van der Waals surface area contributed by atoms with Gasteiger partial charge in [0.1, 0.15) is 5.01 Å². The normalized spacial score (nSPS) is 19.2. The molecule has 1 aliphatic heterocycles. The van der Waals surface area contributed by atoms with Gasteiger partial charge >= 0.3 is 0 Å². The van der Waals surface area contributed by atoms with E-state index in [-0.39, 0.29) is 5.91 Å². The first kappa shape index (κ1) is 18.2. The van der Waals surface area contributed by atoms with E-state index >= 15 is 0 Å². The molecule has 0 radical (unpaired) electrons. The van der Waals surface area contributed by atoms with Gasteiger partial charge in [0.25, 0.3) is 0 Å². The van der Waals surface area contributed by atoms with Crippen molar-refractivity contribution in [2.24, 2.45) is 0 Å². The number of nitrogens with one attached hydrogen (secondary N) is 1. The zero-order valence-corrected chi connectivity index (χ0v) is 16.2. The highest BCUT2D eigenvalue weighted by Crippen LogP contribution is 2.35. The molecule has 2 fully saturated rings. The number of amides is 1. The summed E-state index contributed by atoms with van der Waals surface area (Å²) in [6.45, 7) is 3.65. The van der Waals surface area contributed by atoms with Crippen LogP contribution in [0.4, 0.5) is 11.1 Å². The average molecular weight is 388 g/mol. The van der Waals surface area contributed by atoms with Crippen LogP contribution in [0.15, 0.2) is 18.5 Å². The third-order valence-corrected chi connectivity index (χ3v) is 6.22. The maximum absolute atomic E-state index is 12.4. The molecule has 1 saturated heterocycles. The van der Waals surface area contributed by atoms with Gasteiger partial charge in [-0.05, 0) is 18.9 Å². The van der Waals surface area contributed by atoms with Crippen molar-refractivity contribution in [2.45, 2.75) is 38.0 Å². The number of hydrogen-bond acceptors (Lipinski definition) is 8. The Labute approximate surface area is 163 Å². The van der Waals surface area contributed by atoms with E-state index in [0.717, 1.165) is 37.1 Å². The first-order valence-electron chi connectivity index (χ1n) is 9.65. The number of rotatable bonds is 5. The van der Waals surface area contributed by atoms with Crippen LogP contribution < -0.4 is 10.2 Å². The Morgan fingerprint density at radius 1 is 1.07 bits per heavy atom. The van der Waals surface area contributed by atoms with Crippen LogP contribution >= 0.6 is 11.3 Å². The molecule has 9 heteroatoms. The highest BCUT2D eigenvalue weighted by atomic mass is 32.1.